The lowest BCUT2D eigenvalue weighted by Crippen LogP contribution is -2.13. The summed E-state index contributed by atoms with van der Waals surface area (Å²) in [5.41, 5.74) is 6.37. The second-order valence-corrected chi connectivity index (χ2v) is 3.74. The molecule has 0 aliphatic rings. The van der Waals surface area contributed by atoms with Crippen LogP contribution in [0.5, 0.6) is 0 Å². The van der Waals surface area contributed by atoms with E-state index in [0.29, 0.717) is 10.7 Å². The van der Waals surface area contributed by atoms with Crippen LogP contribution in [-0.2, 0) is 0 Å². The monoisotopic (exact) mass is 239 g/mol. The first kappa shape index (κ1) is 11.1. The van der Waals surface area contributed by atoms with Crippen molar-refractivity contribution >= 4 is 11.6 Å². The molecule has 1 unspecified atom stereocenters. The molecule has 2 aromatic rings. The molecule has 0 fully saturated rings. The zero-order chi connectivity index (χ0) is 11.5. The molecule has 1 aromatic carbocycles. The maximum Gasteiger partial charge on any atom is 0.156 e. The Kier molecular flexibility index (Phi) is 3.22. The Morgan fingerprint density at radius 1 is 1.38 bits per heavy atom. The highest BCUT2D eigenvalue weighted by atomic mass is 35.5. The molecule has 0 aliphatic carbocycles. The van der Waals surface area contributed by atoms with Crippen molar-refractivity contribution in [2.45, 2.75) is 6.17 Å². The van der Waals surface area contributed by atoms with Crippen molar-refractivity contribution in [1.29, 1.82) is 0 Å². The number of alkyl halides is 1. The zero-order valence-electron chi connectivity index (χ0n) is 8.48. The molecule has 0 saturated carbocycles. The Labute approximate surface area is 97.6 Å². The Balaban J connectivity index is 2.50. The predicted octanol–water partition coefficient (Wildman–Crippen LogP) is 2.50. The lowest BCUT2D eigenvalue weighted by Gasteiger charge is -2.10. The summed E-state index contributed by atoms with van der Waals surface area (Å²) in [6.07, 6.45) is 0.113. The van der Waals surface area contributed by atoms with Gasteiger partial charge < -0.3 is 5.73 Å². The molecule has 2 N–H and O–H groups in total. The van der Waals surface area contributed by atoms with Crippen LogP contribution in [0.4, 0.5) is 4.39 Å². The quantitative estimate of drug-likeness (QED) is 0.894. The third-order valence-corrected chi connectivity index (χ3v) is 2.56. The zero-order valence-corrected chi connectivity index (χ0v) is 9.23. The standard InChI is InChI=1S/C11H11ClFN3/c12-9-7-15-16(11(9)10(13)6-14)8-4-2-1-3-5-8/h1-5,7,10H,6,14H2. The first-order valence-corrected chi connectivity index (χ1v) is 5.25. The largest absolute Gasteiger partial charge is 0.327 e. The van der Waals surface area contributed by atoms with Crippen LogP contribution in [0.3, 0.4) is 0 Å². The third kappa shape index (κ3) is 1.94. The van der Waals surface area contributed by atoms with E-state index in [1.807, 2.05) is 30.3 Å². The highest BCUT2D eigenvalue weighted by Crippen LogP contribution is 2.27. The maximum absolute atomic E-state index is 13.6. The normalized spacial score (nSPS) is 12.7. The molecule has 0 aliphatic heterocycles. The van der Waals surface area contributed by atoms with E-state index < -0.39 is 6.17 Å². The molecule has 0 spiro atoms. The van der Waals surface area contributed by atoms with Gasteiger partial charge in [0, 0.05) is 6.54 Å². The summed E-state index contributed by atoms with van der Waals surface area (Å²) in [5.74, 6) is 0. The van der Waals surface area contributed by atoms with Crippen LogP contribution in [0.15, 0.2) is 36.5 Å². The van der Waals surface area contributed by atoms with E-state index >= 15 is 0 Å². The van der Waals surface area contributed by atoms with E-state index in [-0.39, 0.29) is 6.54 Å². The summed E-state index contributed by atoms with van der Waals surface area (Å²) in [4.78, 5) is 0. The van der Waals surface area contributed by atoms with Crippen LogP contribution >= 0.6 is 11.6 Å². The number of hydrogen-bond acceptors (Lipinski definition) is 2. The van der Waals surface area contributed by atoms with Gasteiger partial charge in [-0.05, 0) is 12.1 Å². The van der Waals surface area contributed by atoms with Gasteiger partial charge in [0.25, 0.3) is 0 Å². The molecule has 3 nitrogen and oxygen atoms in total. The minimum absolute atomic E-state index is 0.113. The molecular weight excluding hydrogens is 229 g/mol. The van der Waals surface area contributed by atoms with Crippen LogP contribution in [0.2, 0.25) is 5.02 Å². The van der Waals surface area contributed by atoms with Crippen LogP contribution in [0.1, 0.15) is 11.9 Å². The van der Waals surface area contributed by atoms with Gasteiger partial charge in [-0.25, -0.2) is 9.07 Å². The van der Waals surface area contributed by atoms with E-state index in [1.54, 1.807) is 0 Å². The topological polar surface area (TPSA) is 43.8 Å². The number of nitrogens with two attached hydrogens (primary N) is 1. The summed E-state index contributed by atoms with van der Waals surface area (Å²) < 4.78 is 15.1. The minimum atomic E-state index is -1.31. The smallest absolute Gasteiger partial charge is 0.156 e. The van der Waals surface area contributed by atoms with Gasteiger partial charge in [0.2, 0.25) is 0 Å². The number of benzene rings is 1. The maximum atomic E-state index is 13.6. The number of para-hydroxylation sites is 1. The summed E-state index contributed by atoms with van der Waals surface area (Å²) >= 11 is 5.89. The molecular formula is C11H11ClFN3. The predicted molar refractivity (Wildman–Crippen MR) is 61.5 cm³/mol. The van der Waals surface area contributed by atoms with Gasteiger partial charge in [-0.15, -0.1) is 0 Å². The first-order chi connectivity index (χ1) is 7.74. The van der Waals surface area contributed by atoms with Crippen LogP contribution in [-0.4, -0.2) is 16.3 Å². The highest BCUT2D eigenvalue weighted by molar-refractivity contribution is 6.31. The van der Waals surface area contributed by atoms with Gasteiger partial charge in [0.15, 0.2) is 6.17 Å². The molecule has 0 amide bonds. The third-order valence-electron chi connectivity index (χ3n) is 2.26. The van der Waals surface area contributed by atoms with E-state index in [0.717, 1.165) is 5.69 Å². The van der Waals surface area contributed by atoms with Crippen molar-refractivity contribution in [2.75, 3.05) is 6.54 Å². The van der Waals surface area contributed by atoms with Crippen molar-refractivity contribution in [2.24, 2.45) is 5.73 Å². The number of nitrogens with zero attached hydrogens (tertiary/aromatic N) is 2. The number of halogens is 2. The van der Waals surface area contributed by atoms with Crippen molar-refractivity contribution < 1.29 is 4.39 Å². The number of rotatable bonds is 3. The molecule has 0 saturated heterocycles. The second kappa shape index (κ2) is 4.63. The molecule has 0 radical (unpaired) electrons. The van der Waals surface area contributed by atoms with Crippen molar-refractivity contribution in [1.82, 2.24) is 9.78 Å². The molecule has 16 heavy (non-hydrogen) atoms. The van der Waals surface area contributed by atoms with Crippen LogP contribution in [0.25, 0.3) is 5.69 Å². The lowest BCUT2D eigenvalue weighted by molar-refractivity contribution is 0.338. The lowest BCUT2D eigenvalue weighted by atomic mass is 10.2. The minimum Gasteiger partial charge on any atom is -0.327 e. The second-order valence-electron chi connectivity index (χ2n) is 3.33. The molecule has 2 rings (SSSR count). The molecule has 84 valence electrons. The average molecular weight is 240 g/mol. The summed E-state index contributed by atoms with van der Waals surface area (Å²) in [6.45, 7) is -0.113. The molecule has 5 heteroatoms. The first-order valence-electron chi connectivity index (χ1n) is 4.87. The Morgan fingerprint density at radius 2 is 2.06 bits per heavy atom. The van der Waals surface area contributed by atoms with Gasteiger partial charge in [-0.1, -0.05) is 29.8 Å². The van der Waals surface area contributed by atoms with E-state index in [4.69, 9.17) is 17.3 Å². The summed E-state index contributed by atoms with van der Waals surface area (Å²) in [7, 11) is 0. The van der Waals surface area contributed by atoms with Crippen LogP contribution in [0, 0.1) is 0 Å². The Bertz CT molecular complexity index is 469. The van der Waals surface area contributed by atoms with Gasteiger partial charge in [-0.2, -0.15) is 5.10 Å². The fourth-order valence-corrected chi connectivity index (χ4v) is 1.75. The molecule has 1 atom stereocenters. The van der Waals surface area contributed by atoms with Gasteiger partial charge >= 0.3 is 0 Å². The van der Waals surface area contributed by atoms with Gasteiger partial charge in [0.05, 0.1) is 22.6 Å². The average Bonchev–Trinajstić information content (AvgIpc) is 2.71. The molecule has 1 aromatic heterocycles. The summed E-state index contributed by atoms with van der Waals surface area (Å²) in [6, 6.07) is 9.24. The number of aromatic nitrogens is 2. The van der Waals surface area contributed by atoms with Crippen molar-refractivity contribution in [3.05, 3.63) is 47.2 Å². The molecule has 0 bridgehead atoms. The Hall–Kier alpha value is -1.39. The van der Waals surface area contributed by atoms with E-state index in [2.05, 4.69) is 5.10 Å². The molecule has 1 heterocycles. The van der Waals surface area contributed by atoms with E-state index in [1.165, 1.54) is 10.9 Å². The van der Waals surface area contributed by atoms with E-state index in [9.17, 15) is 4.39 Å². The van der Waals surface area contributed by atoms with Crippen molar-refractivity contribution in [3.63, 3.8) is 0 Å². The van der Waals surface area contributed by atoms with Gasteiger partial charge in [-0.3, -0.25) is 0 Å². The SMILES string of the molecule is NCC(F)c1c(Cl)cnn1-c1ccccc1. The number of hydrogen-bond donors (Lipinski definition) is 1. The Morgan fingerprint density at radius 3 is 2.69 bits per heavy atom. The fourth-order valence-electron chi connectivity index (χ4n) is 1.51. The highest BCUT2D eigenvalue weighted by Gasteiger charge is 2.19. The van der Waals surface area contributed by atoms with Gasteiger partial charge in [0.1, 0.15) is 0 Å². The van der Waals surface area contributed by atoms with Crippen LogP contribution < -0.4 is 5.73 Å². The van der Waals surface area contributed by atoms with Crippen molar-refractivity contribution in [3.8, 4) is 5.69 Å². The summed E-state index contributed by atoms with van der Waals surface area (Å²) in [5, 5.41) is 4.34. The fraction of sp³-hybridized carbons (Fsp3) is 0.182.